The number of amides is 1. The Morgan fingerprint density at radius 1 is 1.21 bits per heavy atom. The summed E-state index contributed by atoms with van der Waals surface area (Å²) in [6.45, 7) is 1.81. The molecular weight excluding hydrogens is 441 g/mol. The maximum Gasteiger partial charge on any atom is 0.262 e. The van der Waals surface area contributed by atoms with Crippen LogP contribution in [0.1, 0.15) is 12.5 Å². The first kappa shape index (κ1) is 20.8. The van der Waals surface area contributed by atoms with Gasteiger partial charge in [-0.25, -0.2) is 14.1 Å². The van der Waals surface area contributed by atoms with Gasteiger partial charge >= 0.3 is 0 Å². The molecule has 3 heterocycles. The maximum atomic E-state index is 13.8. The van der Waals surface area contributed by atoms with Gasteiger partial charge in [0.2, 0.25) is 4.80 Å². The van der Waals surface area contributed by atoms with E-state index in [-0.39, 0.29) is 18.3 Å². The summed E-state index contributed by atoms with van der Waals surface area (Å²) in [5.41, 5.74) is 4.15. The number of rotatable bonds is 4. The summed E-state index contributed by atoms with van der Waals surface area (Å²) in [4.78, 5) is 21.2. The van der Waals surface area contributed by atoms with Gasteiger partial charge in [0.15, 0.2) is 6.61 Å². The summed E-state index contributed by atoms with van der Waals surface area (Å²) in [5.74, 6) is 0.0771. The second kappa shape index (κ2) is 8.79. The molecule has 0 radical (unpaired) electrons. The van der Waals surface area contributed by atoms with Crippen LogP contribution in [0.5, 0.6) is 5.75 Å². The molecule has 0 fully saturated rings. The van der Waals surface area contributed by atoms with E-state index in [9.17, 15) is 9.18 Å². The fraction of sp³-hybridized carbons (Fsp3) is 0.0833. The largest absolute Gasteiger partial charge is 0.482 e. The Morgan fingerprint density at radius 2 is 2.12 bits per heavy atom. The van der Waals surface area contributed by atoms with Gasteiger partial charge in [-0.1, -0.05) is 12.1 Å². The second-order valence-electron chi connectivity index (χ2n) is 7.28. The Bertz CT molecular complexity index is 1440. The average molecular weight is 460 g/mol. The van der Waals surface area contributed by atoms with Gasteiger partial charge in [-0.15, -0.1) is 11.3 Å². The minimum atomic E-state index is -0.330. The average Bonchev–Trinajstić information content (AvgIpc) is 3.21. The van der Waals surface area contributed by atoms with Gasteiger partial charge in [0, 0.05) is 22.7 Å². The number of aromatic nitrogens is 2. The minimum Gasteiger partial charge on any atom is -0.482 e. The standard InChI is InChI=1S/C24H18FN5O2S/c1-15(16-4-2-5-18(25)10-16)29-30-21(14-33-24(30)27-19-6-3-9-26-12-19)17-7-8-22-20(11-17)28-23(31)13-32-22/h2-12,14H,13H2,1H3,(H,28,31). The quantitative estimate of drug-likeness (QED) is 0.454. The number of carbonyl (C=O) groups excluding carboxylic acids is 1. The fourth-order valence-corrected chi connectivity index (χ4v) is 4.22. The second-order valence-corrected chi connectivity index (χ2v) is 8.12. The molecule has 1 amide bonds. The van der Waals surface area contributed by atoms with Crippen LogP contribution in [-0.2, 0) is 4.79 Å². The van der Waals surface area contributed by atoms with Crippen LogP contribution in [0, 0.1) is 5.82 Å². The van der Waals surface area contributed by atoms with Crippen molar-refractivity contribution >= 4 is 34.3 Å². The van der Waals surface area contributed by atoms with Crippen molar-refractivity contribution in [3.05, 3.63) is 88.6 Å². The SMILES string of the molecule is CC(=Nn1c(-c2ccc3c(c2)NC(=O)CO3)csc1=Nc1cccnc1)c1cccc(F)c1. The topological polar surface area (TPSA) is 80.9 Å². The molecule has 2 aromatic heterocycles. The lowest BCUT2D eigenvalue weighted by Crippen LogP contribution is -2.25. The summed E-state index contributed by atoms with van der Waals surface area (Å²) in [6.07, 6.45) is 3.35. The van der Waals surface area contributed by atoms with E-state index in [1.807, 2.05) is 42.6 Å². The van der Waals surface area contributed by atoms with Crippen molar-refractivity contribution in [1.82, 2.24) is 9.66 Å². The summed E-state index contributed by atoms with van der Waals surface area (Å²) < 4.78 is 21.0. The number of benzene rings is 2. The van der Waals surface area contributed by atoms with E-state index in [0.717, 1.165) is 11.3 Å². The Balaban J connectivity index is 1.66. The Hall–Kier alpha value is -4.11. The number of halogens is 1. The van der Waals surface area contributed by atoms with Crippen LogP contribution in [0.15, 0.2) is 82.5 Å². The van der Waals surface area contributed by atoms with Gasteiger partial charge in [-0.2, -0.15) is 5.10 Å². The number of hydrogen-bond donors (Lipinski definition) is 1. The van der Waals surface area contributed by atoms with Crippen LogP contribution in [0.3, 0.4) is 0 Å². The molecule has 9 heteroatoms. The van der Waals surface area contributed by atoms with Crippen LogP contribution in [0.4, 0.5) is 15.8 Å². The van der Waals surface area contributed by atoms with E-state index < -0.39 is 0 Å². The molecule has 1 N–H and O–H groups in total. The highest BCUT2D eigenvalue weighted by Crippen LogP contribution is 2.33. The molecule has 0 unspecified atom stereocenters. The molecule has 2 aromatic carbocycles. The lowest BCUT2D eigenvalue weighted by molar-refractivity contribution is -0.118. The van der Waals surface area contributed by atoms with Crippen LogP contribution in [-0.4, -0.2) is 27.9 Å². The number of hydrogen-bond acceptors (Lipinski definition) is 6. The molecule has 0 bridgehead atoms. The van der Waals surface area contributed by atoms with E-state index in [0.29, 0.717) is 33.2 Å². The van der Waals surface area contributed by atoms with Crippen molar-refractivity contribution in [2.75, 3.05) is 11.9 Å². The van der Waals surface area contributed by atoms with E-state index in [1.165, 1.54) is 23.5 Å². The summed E-state index contributed by atoms with van der Waals surface area (Å²) >= 11 is 1.41. The van der Waals surface area contributed by atoms with Gasteiger partial charge in [-0.3, -0.25) is 9.78 Å². The Kier molecular flexibility index (Phi) is 5.54. The number of nitrogens with one attached hydrogen (secondary N) is 1. The third kappa shape index (κ3) is 4.44. The predicted octanol–water partition coefficient (Wildman–Crippen LogP) is 4.59. The van der Waals surface area contributed by atoms with Crippen molar-refractivity contribution in [1.29, 1.82) is 0 Å². The zero-order valence-corrected chi connectivity index (χ0v) is 18.3. The number of carbonyl (C=O) groups is 1. The summed E-state index contributed by atoms with van der Waals surface area (Å²) in [5, 5.41) is 9.54. The lowest BCUT2D eigenvalue weighted by Gasteiger charge is -2.18. The first-order valence-corrected chi connectivity index (χ1v) is 11.0. The molecule has 0 saturated carbocycles. The molecule has 5 rings (SSSR count). The molecule has 164 valence electrons. The molecule has 0 atom stereocenters. The maximum absolute atomic E-state index is 13.8. The highest BCUT2D eigenvalue weighted by molar-refractivity contribution is 7.07. The normalized spacial score (nSPS) is 13.9. The molecule has 0 spiro atoms. The first-order chi connectivity index (χ1) is 16.1. The van der Waals surface area contributed by atoms with Crippen molar-refractivity contribution in [3.63, 3.8) is 0 Å². The van der Waals surface area contributed by atoms with Crippen LogP contribution < -0.4 is 14.9 Å². The lowest BCUT2D eigenvalue weighted by atomic mass is 10.1. The molecular formula is C24H18FN5O2S. The molecule has 7 nitrogen and oxygen atoms in total. The van der Waals surface area contributed by atoms with Crippen molar-refractivity contribution in [2.45, 2.75) is 6.92 Å². The minimum absolute atomic E-state index is 0.00391. The predicted molar refractivity (Wildman–Crippen MR) is 125 cm³/mol. The van der Waals surface area contributed by atoms with Crippen LogP contribution in [0.25, 0.3) is 11.3 Å². The van der Waals surface area contributed by atoms with E-state index in [1.54, 1.807) is 29.2 Å². The smallest absolute Gasteiger partial charge is 0.262 e. The molecule has 4 aromatic rings. The number of nitrogens with zero attached hydrogens (tertiary/aromatic N) is 4. The number of ether oxygens (including phenoxy) is 1. The number of pyridine rings is 1. The van der Waals surface area contributed by atoms with Crippen molar-refractivity contribution < 1.29 is 13.9 Å². The van der Waals surface area contributed by atoms with Crippen molar-refractivity contribution in [2.24, 2.45) is 10.1 Å². The molecule has 1 aliphatic heterocycles. The number of anilines is 1. The van der Waals surface area contributed by atoms with Gasteiger partial charge in [0.1, 0.15) is 11.6 Å². The van der Waals surface area contributed by atoms with Gasteiger partial charge in [0.25, 0.3) is 5.91 Å². The first-order valence-electron chi connectivity index (χ1n) is 10.1. The van der Waals surface area contributed by atoms with Crippen molar-refractivity contribution in [3.8, 4) is 17.0 Å². The number of thiazole rings is 1. The Morgan fingerprint density at radius 3 is 2.94 bits per heavy atom. The van der Waals surface area contributed by atoms with Crippen LogP contribution in [0.2, 0.25) is 0 Å². The molecule has 0 aliphatic carbocycles. The fourth-order valence-electron chi connectivity index (χ4n) is 3.37. The molecule has 33 heavy (non-hydrogen) atoms. The summed E-state index contributed by atoms with van der Waals surface area (Å²) in [6, 6.07) is 15.5. The van der Waals surface area contributed by atoms with Gasteiger partial charge in [-0.05, 0) is 49.4 Å². The zero-order chi connectivity index (χ0) is 22.8. The molecule has 1 aliphatic rings. The van der Waals surface area contributed by atoms with E-state index >= 15 is 0 Å². The summed E-state index contributed by atoms with van der Waals surface area (Å²) in [7, 11) is 0. The number of fused-ring (bicyclic) bond motifs is 1. The van der Waals surface area contributed by atoms with Gasteiger partial charge < -0.3 is 10.1 Å². The Labute approximate surface area is 192 Å². The van der Waals surface area contributed by atoms with E-state index in [4.69, 9.17) is 14.8 Å². The third-order valence-corrected chi connectivity index (χ3v) is 5.77. The van der Waals surface area contributed by atoms with Gasteiger partial charge in [0.05, 0.1) is 29.0 Å². The zero-order valence-electron chi connectivity index (χ0n) is 17.5. The van der Waals surface area contributed by atoms with E-state index in [2.05, 4.69) is 10.3 Å². The monoisotopic (exact) mass is 459 g/mol. The molecule has 0 saturated heterocycles. The highest BCUT2D eigenvalue weighted by Gasteiger charge is 2.18. The highest BCUT2D eigenvalue weighted by atomic mass is 32.1. The third-order valence-electron chi connectivity index (χ3n) is 4.96. The van der Waals surface area contributed by atoms with Crippen LogP contribution >= 0.6 is 11.3 Å².